The summed E-state index contributed by atoms with van der Waals surface area (Å²) in [5.74, 6) is 0.0405. The van der Waals surface area contributed by atoms with Crippen molar-refractivity contribution in [3.8, 4) is 0 Å². The maximum absolute atomic E-state index is 13.2. The van der Waals surface area contributed by atoms with Gasteiger partial charge in [-0.05, 0) is 62.5 Å². The van der Waals surface area contributed by atoms with Crippen molar-refractivity contribution in [2.45, 2.75) is 38.3 Å². The first kappa shape index (κ1) is 14.4. The average molecular weight is 271 g/mol. The standard InChI is InChI=1S/C15H20F3N/c1-3-11-4-5-13(14(10-11)15(16,17)18)12-6-8-19(2)9-7-12/h4-5,10,12H,3,6-9H2,1-2H3. The molecule has 0 aromatic heterocycles. The van der Waals surface area contributed by atoms with Crippen molar-refractivity contribution in [3.05, 3.63) is 34.9 Å². The van der Waals surface area contributed by atoms with Crippen molar-refractivity contribution in [3.63, 3.8) is 0 Å². The fourth-order valence-electron chi connectivity index (χ4n) is 2.74. The fourth-order valence-corrected chi connectivity index (χ4v) is 2.74. The zero-order valence-electron chi connectivity index (χ0n) is 11.4. The smallest absolute Gasteiger partial charge is 0.306 e. The van der Waals surface area contributed by atoms with Crippen molar-refractivity contribution in [1.29, 1.82) is 0 Å². The Morgan fingerprint density at radius 2 is 1.84 bits per heavy atom. The van der Waals surface area contributed by atoms with Gasteiger partial charge in [-0.3, -0.25) is 0 Å². The first-order valence-corrected chi connectivity index (χ1v) is 6.80. The molecule has 2 rings (SSSR count). The van der Waals surface area contributed by atoms with Crippen LogP contribution < -0.4 is 0 Å². The van der Waals surface area contributed by atoms with Gasteiger partial charge in [0.05, 0.1) is 5.56 Å². The highest BCUT2D eigenvalue weighted by molar-refractivity contribution is 5.37. The van der Waals surface area contributed by atoms with Crippen LogP contribution in [-0.4, -0.2) is 25.0 Å². The number of alkyl halides is 3. The largest absolute Gasteiger partial charge is 0.416 e. The highest BCUT2D eigenvalue weighted by Gasteiger charge is 2.35. The third-order valence-electron chi connectivity index (χ3n) is 3.99. The van der Waals surface area contributed by atoms with E-state index in [0.717, 1.165) is 31.5 Å². The molecule has 0 spiro atoms. The summed E-state index contributed by atoms with van der Waals surface area (Å²) < 4.78 is 39.6. The Kier molecular flexibility index (Phi) is 4.19. The van der Waals surface area contributed by atoms with Crippen LogP contribution in [-0.2, 0) is 12.6 Å². The minimum Gasteiger partial charge on any atom is -0.306 e. The lowest BCUT2D eigenvalue weighted by atomic mass is 9.85. The van der Waals surface area contributed by atoms with Crippen LogP contribution in [0.1, 0.15) is 42.4 Å². The Labute approximate surface area is 112 Å². The van der Waals surface area contributed by atoms with Gasteiger partial charge in [-0.25, -0.2) is 0 Å². The van der Waals surface area contributed by atoms with Crippen LogP contribution in [0.3, 0.4) is 0 Å². The molecule has 106 valence electrons. The van der Waals surface area contributed by atoms with E-state index >= 15 is 0 Å². The minimum atomic E-state index is -4.25. The van der Waals surface area contributed by atoms with E-state index in [0.29, 0.717) is 12.0 Å². The van der Waals surface area contributed by atoms with Crippen LogP contribution in [0.4, 0.5) is 13.2 Å². The third-order valence-corrected chi connectivity index (χ3v) is 3.99. The first-order valence-electron chi connectivity index (χ1n) is 6.80. The molecule has 19 heavy (non-hydrogen) atoms. The van der Waals surface area contributed by atoms with E-state index in [9.17, 15) is 13.2 Å². The van der Waals surface area contributed by atoms with E-state index in [2.05, 4.69) is 4.90 Å². The topological polar surface area (TPSA) is 3.24 Å². The number of rotatable bonds is 2. The van der Waals surface area contributed by atoms with E-state index in [-0.39, 0.29) is 5.92 Å². The van der Waals surface area contributed by atoms with Crippen LogP contribution in [0.5, 0.6) is 0 Å². The Morgan fingerprint density at radius 3 is 2.37 bits per heavy atom. The molecular formula is C15H20F3N. The van der Waals surface area contributed by atoms with Gasteiger partial charge in [-0.15, -0.1) is 0 Å². The lowest BCUT2D eigenvalue weighted by molar-refractivity contribution is -0.138. The van der Waals surface area contributed by atoms with Crippen LogP contribution >= 0.6 is 0 Å². The van der Waals surface area contributed by atoms with Gasteiger partial charge in [-0.1, -0.05) is 19.1 Å². The molecule has 0 unspecified atom stereocenters. The van der Waals surface area contributed by atoms with Crippen molar-refractivity contribution < 1.29 is 13.2 Å². The molecule has 0 amide bonds. The monoisotopic (exact) mass is 271 g/mol. The summed E-state index contributed by atoms with van der Waals surface area (Å²) in [5.41, 5.74) is 0.809. The Morgan fingerprint density at radius 1 is 1.21 bits per heavy atom. The molecule has 0 radical (unpaired) electrons. The number of hydrogen-bond donors (Lipinski definition) is 0. The number of nitrogens with zero attached hydrogens (tertiary/aromatic N) is 1. The lowest BCUT2D eigenvalue weighted by Crippen LogP contribution is -2.30. The van der Waals surface area contributed by atoms with Crippen molar-refractivity contribution >= 4 is 0 Å². The molecule has 1 heterocycles. The third kappa shape index (κ3) is 3.30. The van der Waals surface area contributed by atoms with E-state index in [4.69, 9.17) is 0 Å². The van der Waals surface area contributed by atoms with E-state index in [1.807, 2.05) is 20.0 Å². The minimum absolute atomic E-state index is 0.0405. The molecule has 0 N–H and O–H groups in total. The molecule has 0 bridgehead atoms. The summed E-state index contributed by atoms with van der Waals surface area (Å²) in [7, 11) is 2.01. The number of hydrogen-bond acceptors (Lipinski definition) is 1. The highest BCUT2D eigenvalue weighted by Crippen LogP contribution is 2.39. The van der Waals surface area contributed by atoms with Gasteiger partial charge >= 0.3 is 6.18 Å². The summed E-state index contributed by atoms with van der Waals surface area (Å²) in [6, 6.07) is 4.86. The number of piperidine rings is 1. The molecule has 1 aliphatic rings. The number of halogens is 3. The molecule has 0 atom stereocenters. The predicted molar refractivity (Wildman–Crippen MR) is 70.3 cm³/mol. The molecular weight excluding hydrogens is 251 g/mol. The lowest BCUT2D eigenvalue weighted by Gasteiger charge is -2.30. The highest BCUT2D eigenvalue weighted by atomic mass is 19.4. The Hall–Kier alpha value is -1.03. The van der Waals surface area contributed by atoms with Crippen molar-refractivity contribution in [1.82, 2.24) is 4.90 Å². The van der Waals surface area contributed by atoms with Gasteiger partial charge in [0.15, 0.2) is 0 Å². The molecule has 1 aromatic carbocycles. The number of aryl methyl sites for hydroxylation is 1. The number of likely N-dealkylation sites (tertiary alicyclic amines) is 1. The van der Waals surface area contributed by atoms with Crippen LogP contribution in [0, 0.1) is 0 Å². The molecule has 1 aliphatic heterocycles. The predicted octanol–water partition coefficient (Wildman–Crippen LogP) is 4.08. The Bertz CT molecular complexity index is 432. The average Bonchev–Trinajstić information content (AvgIpc) is 2.38. The molecule has 1 fully saturated rings. The molecule has 0 aliphatic carbocycles. The fraction of sp³-hybridized carbons (Fsp3) is 0.600. The molecule has 1 saturated heterocycles. The summed E-state index contributed by atoms with van der Waals surface area (Å²) in [4.78, 5) is 2.17. The van der Waals surface area contributed by atoms with Crippen LogP contribution in [0.25, 0.3) is 0 Å². The van der Waals surface area contributed by atoms with Gasteiger partial charge in [-0.2, -0.15) is 13.2 Å². The maximum Gasteiger partial charge on any atom is 0.416 e. The van der Waals surface area contributed by atoms with Crippen LogP contribution in [0.15, 0.2) is 18.2 Å². The second kappa shape index (κ2) is 5.53. The van der Waals surface area contributed by atoms with Gasteiger partial charge < -0.3 is 4.90 Å². The summed E-state index contributed by atoms with van der Waals surface area (Å²) >= 11 is 0. The quantitative estimate of drug-likeness (QED) is 0.783. The number of benzene rings is 1. The summed E-state index contributed by atoms with van der Waals surface area (Å²) in [5, 5.41) is 0. The van der Waals surface area contributed by atoms with Crippen LogP contribution in [0.2, 0.25) is 0 Å². The van der Waals surface area contributed by atoms with Crippen molar-refractivity contribution in [2.24, 2.45) is 0 Å². The van der Waals surface area contributed by atoms with E-state index < -0.39 is 11.7 Å². The normalized spacial score (nSPS) is 18.8. The van der Waals surface area contributed by atoms with Gasteiger partial charge in [0.25, 0.3) is 0 Å². The van der Waals surface area contributed by atoms with E-state index in [1.54, 1.807) is 6.07 Å². The first-order chi connectivity index (χ1) is 8.91. The summed E-state index contributed by atoms with van der Waals surface area (Å²) in [6.07, 6.45) is -1.99. The molecule has 0 saturated carbocycles. The van der Waals surface area contributed by atoms with Gasteiger partial charge in [0.2, 0.25) is 0 Å². The van der Waals surface area contributed by atoms with Gasteiger partial charge in [0.1, 0.15) is 0 Å². The molecule has 4 heteroatoms. The second-order valence-electron chi connectivity index (χ2n) is 5.35. The van der Waals surface area contributed by atoms with Crippen molar-refractivity contribution in [2.75, 3.05) is 20.1 Å². The zero-order chi connectivity index (χ0) is 14.0. The van der Waals surface area contributed by atoms with E-state index in [1.165, 1.54) is 6.07 Å². The molecule has 1 aromatic rings. The van der Waals surface area contributed by atoms with Gasteiger partial charge in [0, 0.05) is 0 Å². The SMILES string of the molecule is CCc1ccc(C2CCN(C)CC2)c(C(F)(F)F)c1. The summed E-state index contributed by atoms with van der Waals surface area (Å²) in [6.45, 7) is 3.62. The Balaban J connectivity index is 2.34. The zero-order valence-corrected chi connectivity index (χ0v) is 11.4. The second-order valence-corrected chi connectivity index (χ2v) is 5.35. The molecule has 1 nitrogen and oxygen atoms in total. The maximum atomic E-state index is 13.2.